The van der Waals surface area contributed by atoms with Gasteiger partial charge in [-0.2, -0.15) is 0 Å². The van der Waals surface area contributed by atoms with Gasteiger partial charge in [-0.25, -0.2) is 0 Å². The Morgan fingerprint density at radius 3 is 2.75 bits per heavy atom. The molecule has 1 heterocycles. The molecular weight excluding hydrogens is 250 g/mol. The molecule has 0 aromatic heterocycles. The van der Waals surface area contributed by atoms with Gasteiger partial charge in [0.15, 0.2) is 5.78 Å². The number of rotatable bonds is 4. The van der Waals surface area contributed by atoms with Gasteiger partial charge in [0.2, 0.25) is 0 Å². The van der Waals surface area contributed by atoms with Crippen LogP contribution in [0.4, 0.5) is 0 Å². The van der Waals surface area contributed by atoms with Crippen molar-refractivity contribution in [1.82, 2.24) is 0 Å². The van der Waals surface area contributed by atoms with Crippen molar-refractivity contribution in [2.75, 3.05) is 6.61 Å². The average molecular weight is 267 g/mol. The fraction of sp³-hybridized carbons (Fsp3) is 0.235. The maximum atomic E-state index is 12.5. The maximum absolute atomic E-state index is 12.5. The number of carbonyl (C=O) groups excluding carboxylic acids is 1. The first-order valence-corrected chi connectivity index (χ1v) is 6.84. The maximum Gasteiger partial charge on any atom is 0.183 e. The number of fused-ring (bicyclic) bond motifs is 1. The lowest BCUT2D eigenvalue weighted by Crippen LogP contribution is -2.33. The van der Waals surface area contributed by atoms with Crippen molar-refractivity contribution in [3.8, 4) is 5.75 Å². The van der Waals surface area contributed by atoms with Crippen LogP contribution in [0.1, 0.15) is 21.5 Å². The average Bonchev–Trinajstić information content (AvgIpc) is 2.96. The third-order valence-corrected chi connectivity index (χ3v) is 3.62. The van der Waals surface area contributed by atoms with Gasteiger partial charge >= 0.3 is 0 Å². The second-order valence-electron chi connectivity index (χ2n) is 5.05. The molecule has 0 aliphatic carbocycles. The molecule has 0 amide bonds. The fourth-order valence-electron chi connectivity index (χ4n) is 2.57. The Kier molecular flexibility index (Phi) is 3.52. The summed E-state index contributed by atoms with van der Waals surface area (Å²) in [5.74, 6) is 0.675. The van der Waals surface area contributed by atoms with E-state index in [-0.39, 0.29) is 5.78 Å². The summed E-state index contributed by atoms with van der Waals surface area (Å²) in [5, 5.41) is 0. The van der Waals surface area contributed by atoms with Crippen LogP contribution in [0.5, 0.6) is 5.75 Å². The van der Waals surface area contributed by atoms with Crippen LogP contribution < -0.4 is 10.5 Å². The van der Waals surface area contributed by atoms with Crippen molar-refractivity contribution in [2.45, 2.75) is 18.9 Å². The summed E-state index contributed by atoms with van der Waals surface area (Å²) in [6.07, 6.45) is 1.41. The molecular formula is C17H17NO2. The Bertz CT molecular complexity index is 622. The molecule has 0 spiro atoms. The van der Waals surface area contributed by atoms with Crippen molar-refractivity contribution in [3.05, 3.63) is 65.2 Å². The molecule has 3 heteroatoms. The van der Waals surface area contributed by atoms with Crippen LogP contribution in [0.25, 0.3) is 0 Å². The van der Waals surface area contributed by atoms with E-state index in [0.29, 0.717) is 18.6 Å². The van der Waals surface area contributed by atoms with E-state index >= 15 is 0 Å². The standard InChI is InChI=1S/C17H17NO2/c18-15(11-12-5-2-1-3-6-12)16(19)14-8-4-7-13-9-10-20-17(13)14/h1-8,15H,9-11,18H2. The molecule has 1 atom stereocenters. The zero-order valence-electron chi connectivity index (χ0n) is 11.2. The molecule has 2 aromatic carbocycles. The third-order valence-electron chi connectivity index (χ3n) is 3.62. The topological polar surface area (TPSA) is 52.3 Å². The largest absolute Gasteiger partial charge is 0.492 e. The number of nitrogens with two attached hydrogens (primary N) is 1. The molecule has 2 N–H and O–H groups in total. The number of ether oxygens (including phenoxy) is 1. The van der Waals surface area contributed by atoms with Gasteiger partial charge in [0.25, 0.3) is 0 Å². The number of Topliss-reactive ketones (excluding diaryl/α,β-unsaturated/α-hetero) is 1. The van der Waals surface area contributed by atoms with Crippen molar-refractivity contribution in [1.29, 1.82) is 0 Å². The van der Waals surface area contributed by atoms with E-state index < -0.39 is 6.04 Å². The summed E-state index contributed by atoms with van der Waals surface area (Å²) < 4.78 is 5.57. The predicted molar refractivity (Wildman–Crippen MR) is 78.1 cm³/mol. The SMILES string of the molecule is NC(Cc1ccccc1)C(=O)c1cccc2c1OCC2. The zero-order chi connectivity index (χ0) is 13.9. The van der Waals surface area contributed by atoms with E-state index in [1.807, 2.05) is 42.5 Å². The first-order chi connectivity index (χ1) is 9.75. The lowest BCUT2D eigenvalue weighted by Gasteiger charge is -2.13. The van der Waals surface area contributed by atoms with Crippen LogP contribution in [0.3, 0.4) is 0 Å². The molecule has 3 rings (SSSR count). The van der Waals surface area contributed by atoms with E-state index in [1.54, 1.807) is 6.07 Å². The van der Waals surface area contributed by atoms with Crippen molar-refractivity contribution >= 4 is 5.78 Å². The Morgan fingerprint density at radius 2 is 1.95 bits per heavy atom. The van der Waals surface area contributed by atoms with Gasteiger partial charge in [-0.05, 0) is 23.6 Å². The van der Waals surface area contributed by atoms with Crippen LogP contribution in [-0.2, 0) is 12.8 Å². The lowest BCUT2D eigenvalue weighted by molar-refractivity contribution is 0.0958. The van der Waals surface area contributed by atoms with E-state index in [9.17, 15) is 4.79 Å². The minimum absolute atomic E-state index is 0.0485. The van der Waals surface area contributed by atoms with E-state index in [0.717, 1.165) is 23.3 Å². The highest BCUT2D eigenvalue weighted by molar-refractivity contribution is 6.02. The Balaban J connectivity index is 1.81. The van der Waals surface area contributed by atoms with Gasteiger partial charge in [-0.1, -0.05) is 42.5 Å². The zero-order valence-corrected chi connectivity index (χ0v) is 11.2. The van der Waals surface area contributed by atoms with E-state index in [4.69, 9.17) is 10.5 Å². The molecule has 0 saturated heterocycles. The summed E-state index contributed by atoms with van der Waals surface area (Å²) in [6.45, 7) is 0.646. The van der Waals surface area contributed by atoms with Crippen molar-refractivity contribution in [2.24, 2.45) is 5.73 Å². The minimum Gasteiger partial charge on any atom is -0.492 e. The van der Waals surface area contributed by atoms with Crippen LogP contribution in [0, 0.1) is 0 Å². The smallest absolute Gasteiger partial charge is 0.183 e. The number of hydrogen-bond donors (Lipinski definition) is 1. The Hall–Kier alpha value is -2.13. The summed E-state index contributed by atoms with van der Waals surface area (Å²) in [4.78, 5) is 12.5. The molecule has 1 aliphatic heterocycles. The molecule has 20 heavy (non-hydrogen) atoms. The normalized spacial score (nSPS) is 14.4. The number of carbonyl (C=O) groups is 1. The van der Waals surface area contributed by atoms with Gasteiger partial charge in [0.1, 0.15) is 5.75 Å². The molecule has 102 valence electrons. The van der Waals surface area contributed by atoms with Gasteiger partial charge in [0, 0.05) is 6.42 Å². The van der Waals surface area contributed by atoms with Gasteiger partial charge < -0.3 is 10.5 Å². The Morgan fingerprint density at radius 1 is 1.15 bits per heavy atom. The second kappa shape index (κ2) is 5.47. The molecule has 1 unspecified atom stereocenters. The van der Waals surface area contributed by atoms with E-state index in [2.05, 4.69) is 0 Å². The molecule has 2 aromatic rings. The van der Waals surface area contributed by atoms with Crippen LogP contribution >= 0.6 is 0 Å². The fourth-order valence-corrected chi connectivity index (χ4v) is 2.57. The van der Waals surface area contributed by atoms with Gasteiger partial charge in [-0.3, -0.25) is 4.79 Å². The van der Waals surface area contributed by atoms with Crippen LogP contribution in [-0.4, -0.2) is 18.4 Å². The first-order valence-electron chi connectivity index (χ1n) is 6.84. The monoisotopic (exact) mass is 267 g/mol. The highest BCUT2D eigenvalue weighted by atomic mass is 16.5. The van der Waals surface area contributed by atoms with Crippen molar-refractivity contribution < 1.29 is 9.53 Å². The molecule has 0 fully saturated rings. The third kappa shape index (κ3) is 2.45. The molecule has 0 saturated carbocycles. The lowest BCUT2D eigenvalue weighted by atomic mass is 9.96. The quantitative estimate of drug-likeness (QED) is 0.865. The Labute approximate surface area is 118 Å². The summed E-state index contributed by atoms with van der Waals surface area (Å²) in [6, 6.07) is 15.0. The van der Waals surface area contributed by atoms with Gasteiger partial charge in [-0.15, -0.1) is 0 Å². The highest BCUT2D eigenvalue weighted by Gasteiger charge is 2.24. The summed E-state index contributed by atoms with van der Waals surface area (Å²) >= 11 is 0. The van der Waals surface area contributed by atoms with Crippen LogP contribution in [0.15, 0.2) is 48.5 Å². The number of hydrogen-bond acceptors (Lipinski definition) is 3. The van der Waals surface area contributed by atoms with Crippen LogP contribution in [0.2, 0.25) is 0 Å². The highest BCUT2D eigenvalue weighted by Crippen LogP contribution is 2.30. The molecule has 0 bridgehead atoms. The number of para-hydroxylation sites is 1. The van der Waals surface area contributed by atoms with E-state index in [1.165, 1.54) is 0 Å². The molecule has 1 aliphatic rings. The summed E-state index contributed by atoms with van der Waals surface area (Å²) in [5.41, 5.74) is 8.86. The molecule has 3 nitrogen and oxygen atoms in total. The minimum atomic E-state index is -0.534. The number of ketones is 1. The van der Waals surface area contributed by atoms with Crippen molar-refractivity contribution in [3.63, 3.8) is 0 Å². The first kappa shape index (κ1) is 12.9. The van der Waals surface area contributed by atoms with Gasteiger partial charge in [0.05, 0.1) is 18.2 Å². The summed E-state index contributed by atoms with van der Waals surface area (Å²) in [7, 11) is 0. The second-order valence-corrected chi connectivity index (χ2v) is 5.05. The predicted octanol–water partition coefficient (Wildman–Crippen LogP) is 2.37. The molecule has 0 radical (unpaired) electrons. The number of benzene rings is 2.